The van der Waals surface area contributed by atoms with Crippen LogP contribution in [0.5, 0.6) is 0 Å². The SMILES string of the molecule is O=C(NCc1ccccc1)c1cccnc1NC1CCCCC1. The Morgan fingerprint density at radius 3 is 2.61 bits per heavy atom. The summed E-state index contributed by atoms with van der Waals surface area (Å²) in [4.78, 5) is 16.9. The number of amides is 1. The number of hydrogen-bond donors (Lipinski definition) is 2. The average Bonchev–Trinajstić information content (AvgIpc) is 2.62. The van der Waals surface area contributed by atoms with E-state index in [1.807, 2.05) is 42.5 Å². The molecule has 4 nitrogen and oxygen atoms in total. The minimum absolute atomic E-state index is 0.0831. The first kappa shape index (κ1) is 15.5. The maximum Gasteiger partial charge on any atom is 0.255 e. The number of pyridine rings is 1. The Morgan fingerprint density at radius 2 is 1.83 bits per heavy atom. The van der Waals surface area contributed by atoms with Crippen molar-refractivity contribution < 1.29 is 4.79 Å². The van der Waals surface area contributed by atoms with Crippen LogP contribution in [-0.2, 0) is 6.54 Å². The normalized spacial score (nSPS) is 15.1. The largest absolute Gasteiger partial charge is 0.367 e. The van der Waals surface area contributed by atoms with Crippen molar-refractivity contribution in [2.75, 3.05) is 5.32 Å². The summed E-state index contributed by atoms with van der Waals surface area (Å²) in [6, 6.07) is 14.0. The first-order chi connectivity index (χ1) is 11.3. The first-order valence-electron chi connectivity index (χ1n) is 8.36. The highest BCUT2D eigenvalue weighted by Crippen LogP contribution is 2.22. The van der Waals surface area contributed by atoms with Crippen molar-refractivity contribution in [3.8, 4) is 0 Å². The monoisotopic (exact) mass is 309 g/mol. The van der Waals surface area contributed by atoms with Gasteiger partial charge in [-0.3, -0.25) is 4.79 Å². The Hall–Kier alpha value is -2.36. The lowest BCUT2D eigenvalue weighted by atomic mass is 9.95. The Labute approximate surface area is 137 Å². The molecule has 1 fully saturated rings. The quantitative estimate of drug-likeness (QED) is 0.884. The summed E-state index contributed by atoms with van der Waals surface area (Å²) in [7, 11) is 0. The summed E-state index contributed by atoms with van der Waals surface area (Å²) in [5.41, 5.74) is 1.71. The highest BCUT2D eigenvalue weighted by molar-refractivity contribution is 5.98. The van der Waals surface area contributed by atoms with Gasteiger partial charge in [0.25, 0.3) is 5.91 Å². The van der Waals surface area contributed by atoms with Gasteiger partial charge < -0.3 is 10.6 Å². The van der Waals surface area contributed by atoms with E-state index in [0.29, 0.717) is 24.0 Å². The topological polar surface area (TPSA) is 54.0 Å². The number of hydrogen-bond acceptors (Lipinski definition) is 3. The molecule has 0 bridgehead atoms. The summed E-state index contributed by atoms with van der Waals surface area (Å²) < 4.78 is 0. The number of nitrogens with one attached hydrogen (secondary N) is 2. The standard InChI is InChI=1S/C19H23N3O/c23-19(21-14-15-8-3-1-4-9-15)17-12-7-13-20-18(17)22-16-10-5-2-6-11-16/h1,3-4,7-9,12-13,16H,2,5-6,10-11,14H2,(H,20,22)(H,21,23). The number of rotatable bonds is 5. The number of nitrogens with zero attached hydrogens (tertiary/aromatic N) is 1. The number of carbonyl (C=O) groups excluding carboxylic acids is 1. The molecule has 1 aromatic heterocycles. The first-order valence-corrected chi connectivity index (χ1v) is 8.36. The molecule has 2 N–H and O–H groups in total. The maximum atomic E-state index is 12.5. The minimum atomic E-state index is -0.0831. The van der Waals surface area contributed by atoms with Crippen LogP contribution in [0.25, 0.3) is 0 Å². The lowest BCUT2D eigenvalue weighted by molar-refractivity contribution is 0.0951. The van der Waals surface area contributed by atoms with Gasteiger partial charge in [-0.05, 0) is 30.5 Å². The zero-order chi connectivity index (χ0) is 15.9. The van der Waals surface area contributed by atoms with Crippen LogP contribution < -0.4 is 10.6 Å². The summed E-state index contributed by atoms with van der Waals surface area (Å²) in [6.07, 6.45) is 7.85. The Bertz CT molecular complexity index is 636. The number of aromatic nitrogens is 1. The van der Waals surface area contributed by atoms with Gasteiger partial charge in [0, 0.05) is 18.8 Å². The van der Waals surface area contributed by atoms with Crippen LogP contribution in [0.2, 0.25) is 0 Å². The van der Waals surface area contributed by atoms with Gasteiger partial charge in [0.2, 0.25) is 0 Å². The number of anilines is 1. The molecule has 1 aliphatic rings. The fourth-order valence-corrected chi connectivity index (χ4v) is 3.02. The summed E-state index contributed by atoms with van der Waals surface area (Å²) in [5, 5.41) is 6.43. The molecule has 1 saturated carbocycles. The van der Waals surface area contributed by atoms with E-state index in [1.165, 1.54) is 19.3 Å². The van der Waals surface area contributed by atoms with E-state index < -0.39 is 0 Å². The molecule has 0 radical (unpaired) electrons. The van der Waals surface area contributed by atoms with E-state index >= 15 is 0 Å². The summed E-state index contributed by atoms with van der Waals surface area (Å²) >= 11 is 0. The van der Waals surface area contributed by atoms with Crippen LogP contribution >= 0.6 is 0 Å². The van der Waals surface area contributed by atoms with Gasteiger partial charge in [-0.2, -0.15) is 0 Å². The molecule has 0 unspecified atom stereocenters. The van der Waals surface area contributed by atoms with Gasteiger partial charge in [-0.25, -0.2) is 4.98 Å². The van der Waals surface area contributed by atoms with Crippen molar-refractivity contribution in [2.45, 2.75) is 44.7 Å². The molecule has 3 rings (SSSR count). The van der Waals surface area contributed by atoms with Crippen molar-refractivity contribution in [1.29, 1.82) is 0 Å². The van der Waals surface area contributed by atoms with Crippen LogP contribution in [0, 0.1) is 0 Å². The van der Waals surface area contributed by atoms with Crippen molar-refractivity contribution in [3.05, 3.63) is 59.8 Å². The Morgan fingerprint density at radius 1 is 1.04 bits per heavy atom. The lowest BCUT2D eigenvalue weighted by Crippen LogP contribution is -2.27. The molecule has 0 spiro atoms. The molecule has 2 aromatic rings. The zero-order valence-corrected chi connectivity index (χ0v) is 13.3. The molecule has 1 aliphatic carbocycles. The van der Waals surface area contributed by atoms with Gasteiger partial charge in [0.05, 0.1) is 5.56 Å². The predicted molar refractivity (Wildman–Crippen MR) is 92.3 cm³/mol. The molecule has 1 aromatic carbocycles. The molecule has 4 heteroatoms. The third kappa shape index (κ3) is 4.31. The lowest BCUT2D eigenvalue weighted by Gasteiger charge is -2.24. The molecule has 0 saturated heterocycles. The van der Waals surface area contributed by atoms with Crippen LogP contribution in [0.1, 0.15) is 48.0 Å². The fourth-order valence-electron chi connectivity index (χ4n) is 3.02. The summed E-state index contributed by atoms with van der Waals surface area (Å²) in [5.74, 6) is 0.616. The van der Waals surface area contributed by atoms with Crippen LogP contribution in [-0.4, -0.2) is 16.9 Å². The van der Waals surface area contributed by atoms with E-state index in [0.717, 1.165) is 18.4 Å². The van der Waals surface area contributed by atoms with Crippen LogP contribution in [0.3, 0.4) is 0 Å². The molecule has 0 aliphatic heterocycles. The molecular formula is C19H23N3O. The third-order valence-corrected chi connectivity index (χ3v) is 4.29. The number of carbonyl (C=O) groups is 1. The average molecular weight is 309 g/mol. The highest BCUT2D eigenvalue weighted by Gasteiger charge is 2.17. The second-order valence-corrected chi connectivity index (χ2v) is 6.05. The van der Waals surface area contributed by atoms with Crippen molar-refractivity contribution >= 4 is 11.7 Å². The van der Waals surface area contributed by atoms with Crippen LogP contribution in [0.15, 0.2) is 48.7 Å². The van der Waals surface area contributed by atoms with Gasteiger partial charge in [0.15, 0.2) is 0 Å². The van der Waals surface area contributed by atoms with Crippen molar-refractivity contribution in [2.24, 2.45) is 0 Å². The maximum absolute atomic E-state index is 12.5. The van der Waals surface area contributed by atoms with Crippen LogP contribution in [0.4, 0.5) is 5.82 Å². The fraction of sp³-hybridized carbons (Fsp3) is 0.368. The van der Waals surface area contributed by atoms with Gasteiger partial charge >= 0.3 is 0 Å². The second kappa shape index (κ2) is 7.77. The predicted octanol–water partition coefficient (Wildman–Crippen LogP) is 3.76. The van der Waals surface area contributed by atoms with E-state index in [2.05, 4.69) is 15.6 Å². The van der Waals surface area contributed by atoms with E-state index in [4.69, 9.17) is 0 Å². The second-order valence-electron chi connectivity index (χ2n) is 6.05. The minimum Gasteiger partial charge on any atom is -0.367 e. The van der Waals surface area contributed by atoms with E-state index in [1.54, 1.807) is 6.20 Å². The Kier molecular flexibility index (Phi) is 5.25. The van der Waals surface area contributed by atoms with Crippen molar-refractivity contribution in [3.63, 3.8) is 0 Å². The van der Waals surface area contributed by atoms with E-state index in [-0.39, 0.29) is 5.91 Å². The highest BCUT2D eigenvalue weighted by atomic mass is 16.1. The molecule has 0 atom stereocenters. The summed E-state index contributed by atoms with van der Waals surface area (Å²) in [6.45, 7) is 0.525. The zero-order valence-electron chi connectivity index (χ0n) is 13.3. The third-order valence-electron chi connectivity index (χ3n) is 4.29. The molecular weight excluding hydrogens is 286 g/mol. The van der Waals surface area contributed by atoms with Crippen molar-refractivity contribution in [1.82, 2.24) is 10.3 Å². The smallest absolute Gasteiger partial charge is 0.255 e. The molecule has 1 amide bonds. The Balaban J connectivity index is 1.65. The van der Waals surface area contributed by atoms with Gasteiger partial charge in [-0.1, -0.05) is 49.6 Å². The van der Waals surface area contributed by atoms with Gasteiger partial charge in [-0.15, -0.1) is 0 Å². The molecule has 1 heterocycles. The van der Waals surface area contributed by atoms with Gasteiger partial charge in [0.1, 0.15) is 5.82 Å². The molecule has 23 heavy (non-hydrogen) atoms. The number of benzene rings is 1. The molecule has 120 valence electrons. The van der Waals surface area contributed by atoms with E-state index in [9.17, 15) is 4.79 Å².